The zero-order valence-corrected chi connectivity index (χ0v) is 15.2. The van der Waals surface area contributed by atoms with E-state index in [0.29, 0.717) is 22.1 Å². The second kappa shape index (κ2) is 7.40. The molecule has 0 unspecified atom stereocenters. The van der Waals surface area contributed by atoms with Crippen molar-refractivity contribution in [3.8, 4) is 34.6 Å². The van der Waals surface area contributed by atoms with Gasteiger partial charge in [0.2, 0.25) is 6.79 Å². The lowest BCUT2D eigenvalue weighted by atomic mass is 10.1. The quantitative estimate of drug-likeness (QED) is 0.659. The SMILES string of the molecule is COc1ccccc1N/C=C(/C#N)c1nc(-c2ccc3c(c2)OCO3)cs1. The molecule has 0 fully saturated rings. The molecule has 0 radical (unpaired) electrons. The first kappa shape index (κ1) is 16.9. The van der Waals surface area contributed by atoms with Crippen LogP contribution < -0.4 is 19.5 Å². The van der Waals surface area contributed by atoms with Crippen molar-refractivity contribution in [1.29, 1.82) is 5.26 Å². The van der Waals surface area contributed by atoms with Crippen LogP contribution in [0.4, 0.5) is 5.69 Å². The molecule has 134 valence electrons. The van der Waals surface area contributed by atoms with Gasteiger partial charge in [0.1, 0.15) is 22.4 Å². The number of benzene rings is 2. The minimum absolute atomic E-state index is 0.233. The van der Waals surface area contributed by atoms with Gasteiger partial charge in [-0.15, -0.1) is 11.3 Å². The molecule has 0 saturated carbocycles. The van der Waals surface area contributed by atoms with Crippen LogP contribution in [0.15, 0.2) is 54.0 Å². The molecule has 2 heterocycles. The third-order valence-corrected chi connectivity index (χ3v) is 4.88. The summed E-state index contributed by atoms with van der Waals surface area (Å²) >= 11 is 1.41. The van der Waals surface area contributed by atoms with E-state index in [2.05, 4.69) is 16.4 Å². The van der Waals surface area contributed by atoms with E-state index in [1.165, 1.54) is 11.3 Å². The number of nitrogens with one attached hydrogen (secondary N) is 1. The molecular formula is C20H15N3O3S. The molecule has 0 spiro atoms. The van der Waals surface area contributed by atoms with Crippen molar-refractivity contribution in [2.75, 3.05) is 19.2 Å². The van der Waals surface area contributed by atoms with Gasteiger partial charge >= 0.3 is 0 Å². The van der Waals surface area contributed by atoms with Crippen LogP contribution in [-0.2, 0) is 0 Å². The van der Waals surface area contributed by atoms with Crippen LogP contribution >= 0.6 is 11.3 Å². The number of anilines is 1. The zero-order valence-electron chi connectivity index (χ0n) is 14.4. The number of thiazole rings is 1. The minimum atomic E-state index is 0.233. The molecule has 0 amide bonds. The first-order valence-electron chi connectivity index (χ1n) is 8.14. The highest BCUT2D eigenvalue weighted by atomic mass is 32.1. The summed E-state index contributed by atoms with van der Waals surface area (Å²) in [7, 11) is 1.61. The number of nitriles is 1. The number of hydrogen-bond acceptors (Lipinski definition) is 7. The molecule has 27 heavy (non-hydrogen) atoms. The van der Waals surface area contributed by atoms with Crippen LogP contribution in [0.2, 0.25) is 0 Å². The van der Waals surface area contributed by atoms with E-state index in [4.69, 9.17) is 14.2 Å². The molecule has 1 aromatic heterocycles. The molecule has 4 rings (SSSR count). The van der Waals surface area contributed by atoms with E-state index in [9.17, 15) is 5.26 Å². The Hall–Kier alpha value is -3.50. The Kier molecular flexibility index (Phi) is 4.64. The monoisotopic (exact) mass is 377 g/mol. The summed E-state index contributed by atoms with van der Waals surface area (Å²) in [6, 6.07) is 15.4. The van der Waals surface area contributed by atoms with E-state index < -0.39 is 0 Å². The number of para-hydroxylation sites is 2. The number of rotatable bonds is 5. The maximum absolute atomic E-state index is 9.53. The normalized spacial score (nSPS) is 12.5. The van der Waals surface area contributed by atoms with Crippen LogP contribution in [-0.4, -0.2) is 18.9 Å². The lowest BCUT2D eigenvalue weighted by Gasteiger charge is -2.07. The van der Waals surface area contributed by atoms with Gasteiger partial charge in [-0.25, -0.2) is 4.98 Å². The highest BCUT2D eigenvalue weighted by Crippen LogP contribution is 2.36. The topological polar surface area (TPSA) is 76.4 Å². The summed E-state index contributed by atoms with van der Waals surface area (Å²) in [5, 5.41) is 15.2. The van der Waals surface area contributed by atoms with Crippen LogP contribution in [0.5, 0.6) is 17.2 Å². The number of methoxy groups -OCH3 is 1. The summed E-state index contributed by atoms with van der Waals surface area (Å²) in [4.78, 5) is 4.59. The van der Waals surface area contributed by atoms with Gasteiger partial charge < -0.3 is 19.5 Å². The number of nitrogens with zero attached hydrogens (tertiary/aromatic N) is 2. The van der Waals surface area contributed by atoms with Gasteiger partial charge in [-0.05, 0) is 30.3 Å². The Morgan fingerprint density at radius 1 is 1.26 bits per heavy atom. The van der Waals surface area contributed by atoms with Gasteiger partial charge in [-0.3, -0.25) is 0 Å². The Labute approximate surface area is 160 Å². The zero-order chi connectivity index (χ0) is 18.6. The molecule has 0 atom stereocenters. The molecule has 0 aliphatic carbocycles. The van der Waals surface area contributed by atoms with Gasteiger partial charge in [0.25, 0.3) is 0 Å². The lowest BCUT2D eigenvalue weighted by Crippen LogP contribution is -1.94. The Balaban J connectivity index is 1.58. The highest BCUT2D eigenvalue weighted by Gasteiger charge is 2.16. The summed E-state index contributed by atoms with van der Waals surface area (Å²) < 4.78 is 16.1. The number of ether oxygens (including phenoxy) is 3. The highest BCUT2D eigenvalue weighted by molar-refractivity contribution is 7.11. The number of aromatic nitrogens is 1. The van der Waals surface area contributed by atoms with Crippen molar-refractivity contribution in [1.82, 2.24) is 4.98 Å². The molecule has 1 aliphatic heterocycles. The number of hydrogen-bond donors (Lipinski definition) is 1. The van der Waals surface area contributed by atoms with Gasteiger partial charge in [0.15, 0.2) is 11.5 Å². The van der Waals surface area contributed by atoms with Crippen molar-refractivity contribution in [2.45, 2.75) is 0 Å². The van der Waals surface area contributed by atoms with Crippen LogP contribution in [0.1, 0.15) is 5.01 Å². The maximum Gasteiger partial charge on any atom is 0.231 e. The fraction of sp³-hybridized carbons (Fsp3) is 0.100. The van der Waals surface area contributed by atoms with Gasteiger partial charge in [0.05, 0.1) is 18.5 Å². The minimum Gasteiger partial charge on any atom is -0.495 e. The van der Waals surface area contributed by atoms with E-state index in [-0.39, 0.29) is 6.79 Å². The molecule has 1 aliphatic rings. The smallest absolute Gasteiger partial charge is 0.231 e. The van der Waals surface area contributed by atoms with Crippen molar-refractivity contribution >= 4 is 22.6 Å². The third kappa shape index (κ3) is 3.43. The van der Waals surface area contributed by atoms with Crippen molar-refractivity contribution < 1.29 is 14.2 Å². The van der Waals surface area contributed by atoms with Crippen molar-refractivity contribution in [3.05, 3.63) is 59.1 Å². The fourth-order valence-electron chi connectivity index (χ4n) is 2.64. The molecule has 6 nitrogen and oxygen atoms in total. The number of allylic oxidation sites excluding steroid dienone is 1. The predicted octanol–water partition coefficient (Wildman–Crippen LogP) is 4.52. The maximum atomic E-state index is 9.53. The van der Waals surface area contributed by atoms with E-state index >= 15 is 0 Å². The molecule has 0 bridgehead atoms. The standard InChI is InChI=1S/C20H15N3O3S/c1-24-17-5-3-2-4-15(17)22-10-14(9-21)20-23-16(11-27-20)13-6-7-18-19(8-13)26-12-25-18/h2-8,10-11,22H,12H2,1H3/b14-10-. The van der Waals surface area contributed by atoms with E-state index in [0.717, 1.165) is 22.7 Å². The molecular weight excluding hydrogens is 362 g/mol. The van der Waals surface area contributed by atoms with Gasteiger partial charge in [-0.1, -0.05) is 12.1 Å². The average Bonchev–Trinajstić information content (AvgIpc) is 3.38. The summed E-state index contributed by atoms with van der Waals surface area (Å²) in [6.45, 7) is 0.233. The summed E-state index contributed by atoms with van der Waals surface area (Å²) in [6.07, 6.45) is 1.64. The predicted molar refractivity (Wildman–Crippen MR) is 104 cm³/mol. The van der Waals surface area contributed by atoms with Crippen molar-refractivity contribution in [2.24, 2.45) is 0 Å². The van der Waals surface area contributed by atoms with Gasteiger partial charge in [0, 0.05) is 17.1 Å². The van der Waals surface area contributed by atoms with Gasteiger partial charge in [-0.2, -0.15) is 5.26 Å². The van der Waals surface area contributed by atoms with Crippen LogP contribution in [0, 0.1) is 11.3 Å². The average molecular weight is 377 g/mol. The van der Waals surface area contributed by atoms with E-state index in [1.54, 1.807) is 13.3 Å². The van der Waals surface area contributed by atoms with Crippen molar-refractivity contribution in [3.63, 3.8) is 0 Å². The first-order chi connectivity index (χ1) is 13.3. The second-order valence-corrected chi connectivity index (χ2v) is 6.48. The molecule has 0 saturated heterocycles. The third-order valence-electron chi connectivity index (χ3n) is 4.00. The molecule has 7 heteroatoms. The molecule has 1 N–H and O–H groups in total. The first-order valence-corrected chi connectivity index (χ1v) is 9.02. The fourth-order valence-corrected chi connectivity index (χ4v) is 3.44. The second-order valence-electron chi connectivity index (χ2n) is 5.62. The Bertz CT molecular complexity index is 1050. The van der Waals surface area contributed by atoms with Crippen LogP contribution in [0.3, 0.4) is 0 Å². The molecule has 3 aromatic rings. The summed E-state index contributed by atoms with van der Waals surface area (Å²) in [5.41, 5.74) is 2.92. The Morgan fingerprint density at radius 2 is 2.11 bits per heavy atom. The van der Waals surface area contributed by atoms with E-state index in [1.807, 2.05) is 47.8 Å². The lowest BCUT2D eigenvalue weighted by molar-refractivity contribution is 0.174. The van der Waals surface area contributed by atoms with Crippen LogP contribution in [0.25, 0.3) is 16.8 Å². The Morgan fingerprint density at radius 3 is 2.96 bits per heavy atom. The molecule has 2 aromatic carbocycles. The summed E-state index contributed by atoms with van der Waals surface area (Å²) in [5.74, 6) is 2.13. The largest absolute Gasteiger partial charge is 0.495 e. The number of fused-ring (bicyclic) bond motifs is 1.